The molecule has 8 nitrogen and oxygen atoms in total. The van der Waals surface area contributed by atoms with E-state index in [1.165, 1.54) is 4.31 Å². The summed E-state index contributed by atoms with van der Waals surface area (Å²) in [5.74, 6) is -0.235. The molecule has 1 atom stereocenters. The lowest BCUT2D eigenvalue weighted by Crippen LogP contribution is -2.50. The minimum atomic E-state index is -3.64. The molecule has 1 amide bonds. The monoisotopic (exact) mass is 442 g/mol. The number of benzene rings is 1. The molecule has 164 valence electrons. The van der Waals surface area contributed by atoms with Crippen LogP contribution in [0.1, 0.15) is 30.5 Å². The molecule has 0 bridgehead atoms. The number of nitrogens with zero attached hydrogens (tertiary/aromatic N) is 4. The van der Waals surface area contributed by atoms with E-state index < -0.39 is 15.6 Å². The van der Waals surface area contributed by atoms with Crippen molar-refractivity contribution in [3.05, 3.63) is 59.9 Å². The molecule has 1 fully saturated rings. The fraction of sp³-hybridized carbons (Fsp3) is 0.409. The Morgan fingerprint density at radius 1 is 1.23 bits per heavy atom. The van der Waals surface area contributed by atoms with Gasteiger partial charge in [0.2, 0.25) is 10.0 Å². The average Bonchev–Trinajstić information content (AvgIpc) is 3.17. The van der Waals surface area contributed by atoms with Crippen LogP contribution in [0, 0.1) is 6.92 Å². The first-order valence-corrected chi connectivity index (χ1v) is 11.7. The molecule has 1 spiro atoms. The summed E-state index contributed by atoms with van der Waals surface area (Å²) >= 11 is 0. The van der Waals surface area contributed by atoms with Crippen molar-refractivity contribution in [2.45, 2.75) is 43.2 Å². The van der Waals surface area contributed by atoms with Gasteiger partial charge in [-0.1, -0.05) is 28.9 Å². The van der Waals surface area contributed by atoms with Gasteiger partial charge in [-0.25, -0.2) is 8.42 Å². The lowest BCUT2D eigenvalue weighted by molar-refractivity contribution is -0.123. The van der Waals surface area contributed by atoms with Crippen LogP contribution in [0.5, 0.6) is 0 Å². The summed E-state index contributed by atoms with van der Waals surface area (Å²) < 4.78 is 27.7. The maximum Gasteiger partial charge on any atom is 0.271 e. The van der Waals surface area contributed by atoms with E-state index in [4.69, 9.17) is 4.84 Å². The third-order valence-electron chi connectivity index (χ3n) is 5.72. The van der Waals surface area contributed by atoms with Gasteiger partial charge in [0.25, 0.3) is 5.91 Å². The fourth-order valence-electron chi connectivity index (χ4n) is 4.00. The number of carbonyl (C=O) groups excluding carboxylic acids is 1. The Morgan fingerprint density at radius 2 is 2.00 bits per heavy atom. The molecule has 2 aliphatic heterocycles. The number of amides is 1. The summed E-state index contributed by atoms with van der Waals surface area (Å²) in [6.07, 6.45) is 3.27. The molecule has 4 rings (SSSR count). The highest BCUT2D eigenvalue weighted by molar-refractivity contribution is 7.89. The number of aromatic nitrogens is 1. The number of hydrogen-bond acceptors (Lipinski definition) is 6. The number of piperidine rings is 1. The number of oxime groups is 1. The Labute approximate surface area is 182 Å². The fourth-order valence-corrected chi connectivity index (χ4v) is 5.56. The molecule has 2 aromatic rings. The van der Waals surface area contributed by atoms with Gasteiger partial charge in [0, 0.05) is 26.2 Å². The molecule has 1 aromatic carbocycles. The van der Waals surface area contributed by atoms with Gasteiger partial charge >= 0.3 is 0 Å². The van der Waals surface area contributed by atoms with Gasteiger partial charge in [0.15, 0.2) is 5.60 Å². The Kier molecular flexibility index (Phi) is 5.81. The number of hydrogen-bond donors (Lipinski definition) is 0. The zero-order valence-electron chi connectivity index (χ0n) is 17.7. The summed E-state index contributed by atoms with van der Waals surface area (Å²) in [4.78, 5) is 24.6. The van der Waals surface area contributed by atoms with E-state index in [-0.39, 0.29) is 23.8 Å². The van der Waals surface area contributed by atoms with Crippen molar-refractivity contribution in [3.8, 4) is 0 Å². The molecule has 0 radical (unpaired) electrons. The highest BCUT2D eigenvalue weighted by atomic mass is 32.2. The van der Waals surface area contributed by atoms with E-state index in [0.29, 0.717) is 31.6 Å². The largest absolute Gasteiger partial charge is 0.387 e. The molecule has 0 aliphatic carbocycles. The Balaban J connectivity index is 1.44. The first-order valence-electron chi connectivity index (χ1n) is 10.3. The van der Waals surface area contributed by atoms with Crippen molar-refractivity contribution < 1.29 is 18.0 Å². The van der Waals surface area contributed by atoms with E-state index in [1.807, 2.05) is 25.1 Å². The molecule has 2 aliphatic rings. The number of rotatable bonds is 5. The standard InChI is InChI=1S/C22H26N4O4S/c1-17-7-9-19(10-8-17)31(28,29)26-13-5-11-22(16-26)14-20(24-30-22)21(27)25(2)15-18-6-3-4-12-23-18/h3-4,6-10,12H,5,11,13-16H2,1-2H3. The van der Waals surface area contributed by atoms with Gasteiger partial charge in [-0.05, 0) is 44.0 Å². The molecule has 0 N–H and O–H groups in total. The molecular weight excluding hydrogens is 416 g/mol. The Hall–Kier alpha value is -2.78. The van der Waals surface area contributed by atoms with Crippen LogP contribution in [0.2, 0.25) is 0 Å². The van der Waals surface area contributed by atoms with Crippen molar-refractivity contribution in [2.75, 3.05) is 20.1 Å². The zero-order valence-corrected chi connectivity index (χ0v) is 18.5. The van der Waals surface area contributed by atoms with E-state index in [1.54, 1.807) is 42.4 Å². The topological polar surface area (TPSA) is 92.2 Å². The number of aryl methyl sites for hydroxylation is 1. The van der Waals surface area contributed by atoms with Crippen molar-refractivity contribution in [2.24, 2.45) is 5.16 Å². The lowest BCUT2D eigenvalue weighted by Gasteiger charge is -2.37. The van der Waals surface area contributed by atoms with Crippen molar-refractivity contribution >= 4 is 21.6 Å². The van der Waals surface area contributed by atoms with Gasteiger partial charge < -0.3 is 9.74 Å². The molecule has 3 heterocycles. The molecule has 1 saturated heterocycles. The number of carbonyl (C=O) groups is 1. The second-order valence-electron chi connectivity index (χ2n) is 8.23. The Morgan fingerprint density at radius 3 is 2.71 bits per heavy atom. The van der Waals surface area contributed by atoms with Gasteiger partial charge in [0.1, 0.15) is 5.71 Å². The van der Waals surface area contributed by atoms with Gasteiger partial charge in [-0.3, -0.25) is 9.78 Å². The molecule has 31 heavy (non-hydrogen) atoms. The van der Waals surface area contributed by atoms with Crippen LogP contribution in [-0.2, 0) is 26.2 Å². The third kappa shape index (κ3) is 4.47. The van der Waals surface area contributed by atoms with Crippen molar-refractivity contribution in [1.82, 2.24) is 14.2 Å². The number of pyridine rings is 1. The van der Waals surface area contributed by atoms with Crippen LogP contribution in [0.4, 0.5) is 0 Å². The summed E-state index contributed by atoms with van der Waals surface area (Å²) in [6.45, 7) is 2.87. The van der Waals surface area contributed by atoms with Gasteiger partial charge in [-0.2, -0.15) is 4.31 Å². The highest BCUT2D eigenvalue weighted by Gasteiger charge is 2.47. The highest BCUT2D eigenvalue weighted by Crippen LogP contribution is 2.36. The summed E-state index contributed by atoms with van der Waals surface area (Å²) in [5.41, 5.74) is 1.29. The summed E-state index contributed by atoms with van der Waals surface area (Å²) in [7, 11) is -1.94. The smallest absolute Gasteiger partial charge is 0.271 e. The molecule has 1 unspecified atom stereocenters. The minimum Gasteiger partial charge on any atom is -0.387 e. The van der Waals surface area contributed by atoms with Crippen molar-refractivity contribution in [1.29, 1.82) is 0 Å². The average molecular weight is 443 g/mol. The summed E-state index contributed by atoms with van der Waals surface area (Å²) in [6, 6.07) is 12.4. The second kappa shape index (κ2) is 8.39. The van der Waals surface area contributed by atoms with Crippen LogP contribution in [-0.4, -0.2) is 60.0 Å². The zero-order chi connectivity index (χ0) is 22.1. The normalized spacial score (nSPS) is 21.5. The second-order valence-corrected chi connectivity index (χ2v) is 10.2. The summed E-state index contributed by atoms with van der Waals surface area (Å²) in [5, 5.41) is 4.06. The van der Waals surface area contributed by atoms with Crippen molar-refractivity contribution in [3.63, 3.8) is 0 Å². The maximum absolute atomic E-state index is 13.1. The first-order chi connectivity index (χ1) is 14.8. The number of sulfonamides is 1. The van der Waals surface area contributed by atoms with Gasteiger partial charge in [-0.15, -0.1) is 0 Å². The van der Waals surface area contributed by atoms with Crippen LogP contribution >= 0.6 is 0 Å². The Bertz CT molecular complexity index is 1090. The van der Waals surface area contributed by atoms with Crippen LogP contribution in [0.3, 0.4) is 0 Å². The predicted octanol–water partition coefficient (Wildman–Crippen LogP) is 2.35. The van der Waals surface area contributed by atoms with Gasteiger partial charge in [0.05, 0.1) is 23.7 Å². The SMILES string of the molecule is Cc1ccc(S(=O)(=O)N2CCCC3(CC(C(=O)N(C)Cc4ccccn4)=NO3)C2)cc1. The quantitative estimate of drug-likeness (QED) is 0.709. The maximum atomic E-state index is 13.1. The van der Waals surface area contributed by atoms with E-state index in [0.717, 1.165) is 11.3 Å². The van der Waals surface area contributed by atoms with Crippen LogP contribution in [0.15, 0.2) is 58.7 Å². The lowest BCUT2D eigenvalue weighted by atomic mass is 9.89. The van der Waals surface area contributed by atoms with Crippen LogP contribution in [0.25, 0.3) is 0 Å². The molecule has 1 aromatic heterocycles. The van der Waals surface area contributed by atoms with Crippen LogP contribution < -0.4 is 0 Å². The third-order valence-corrected chi connectivity index (χ3v) is 7.58. The molecule has 0 saturated carbocycles. The van der Waals surface area contributed by atoms with E-state index in [2.05, 4.69) is 10.1 Å². The first kappa shape index (κ1) is 21.5. The minimum absolute atomic E-state index is 0.174. The van der Waals surface area contributed by atoms with E-state index in [9.17, 15) is 13.2 Å². The molecular formula is C22H26N4O4S. The molecule has 9 heteroatoms. The van der Waals surface area contributed by atoms with E-state index >= 15 is 0 Å². The predicted molar refractivity (Wildman–Crippen MR) is 116 cm³/mol.